The Morgan fingerprint density at radius 3 is 2.78 bits per heavy atom. The summed E-state index contributed by atoms with van der Waals surface area (Å²) < 4.78 is 30.7. The van der Waals surface area contributed by atoms with Crippen LogP contribution in [-0.2, 0) is 11.2 Å². The predicted octanol–water partition coefficient (Wildman–Crippen LogP) is 3.10. The van der Waals surface area contributed by atoms with E-state index in [4.69, 9.17) is 0 Å². The van der Waals surface area contributed by atoms with Gasteiger partial charge < -0.3 is 5.32 Å². The number of aromatic nitrogens is 6. The number of carbonyl (C=O) groups excluding carboxylic acids is 1. The number of rotatable bonds is 3. The molecule has 0 atom stereocenters. The Labute approximate surface area is 180 Å². The fourth-order valence-electron chi connectivity index (χ4n) is 3.48. The first-order chi connectivity index (χ1) is 15.5. The van der Waals surface area contributed by atoms with Crippen LogP contribution in [-0.4, -0.2) is 41.4 Å². The van der Waals surface area contributed by atoms with Crippen molar-refractivity contribution in [3.05, 3.63) is 66.5 Å². The first-order valence-corrected chi connectivity index (χ1v) is 9.74. The van der Waals surface area contributed by atoms with Crippen molar-refractivity contribution in [2.24, 2.45) is 5.10 Å². The van der Waals surface area contributed by atoms with Gasteiger partial charge in [-0.15, -0.1) is 10.2 Å². The highest BCUT2D eigenvalue weighted by molar-refractivity contribution is 5.91. The number of pyridine rings is 1. The van der Waals surface area contributed by atoms with Gasteiger partial charge in [0.2, 0.25) is 5.91 Å². The van der Waals surface area contributed by atoms with E-state index in [0.29, 0.717) is 46.9 Å². The molecule has 5 rings (SSSR count). The van der Waals surface area contributed by atoms with Crippen molar-refractivity contribution in [3.8, 4) is 22.4 Å². The SMILES string of the molecule is CC(=O)Nc1cc(-c2cn(C3=Nn4cnnc4CC3)nc2-c2ccc(F)c(F)c2)ccn1. The maximum absolute atomic E-state index is 14.0. The Balaban J connectivity index is 1.65. The Kier molecular flexibility index (Phi) is 4.77. The number of hydrogen-bond acceptors (Lipinski definition) is 6. The van der Waals surface area contributed by atoms with Crippen LogP contribution >= 0.6 is 0 Å². The Hall–Kier alpha value is -4.28. The summed E-state index contributed by atoms with van der Waals surface area (Å²) in [6, 6.07) is 7.06. The number of benzene rings is 1. The molecule has 0 aliphatic carbocycles. The van der Waals surface area contributed by atoms with Crippen molar-refractivity contribution in [2.45, 2.75) is 19.8 Å². The Morgan fingerprint density at radius 2 is 1.97 bits per heavy atom. The molecule has 1 amide bonds. The molecule has 4 heterocycles. The second-order valence-corrected chi connectivity index (χ2v) is 7.18. The third kappa shape index (κ3) is 3.64. The Morgan fingerprint density at radius 1 is 1.09 bits per heavy atom. The van der Waals surface area contributed by atoms with E-state index in [1.165, 1.54) is 19.3 Å². The second kappa shape index (κ2) is 7.76. The van der Waals surface area contributed by atoms with Crippen LogP contribution in [0, 0.1) is 11.6 Å². The van der Waals surface area contributed by atoms with E-state index in [2.05, 4.69) is 30.7 Å². The van der Waals surface area contributed by atoms with Crippen molar-refractivity contribution >= 4 is 17.6 Å². The lowest BCUT2D eigenvalue weighted by Gasteiger charge is -2.12. The van der Waals surface area contributed by atoms with Gasteiger partial charge in [-0.25, -0.2) is 23.1 Å². The summed E-state index contributed by atoms with van der Waals surface area (Å²) >= 11 is 0. The van der Waals surface area contributed by atoms with Crippen LogP contribution in [0.25, 0.3) is 22.4 Å². The van der Waals surface area contributed by atoms with E-state index < -0.39 is 11.6 Å². The summed E-state index contributed by atoms with van der Waals surface area (Å²) in [5.74, 6) is -0.417. The number of carbonyl (C=O) groups is 1. The fourth-order valence-corrected chi connectivity index (χ4v) is 3.48. The van der Waals surface area contributed by atoms with Crippen molar-refractivity contribution < 1.29 is 13.6 Å². The van der Waals surface area contributed by atoms with Crippen LogP contribution in [0.15, 0.2) is 54.2 Å². The minimum absolute atomic E-state index is 0.257. The molecular weight excluding hydrogens is 418 g/mol. The normalized spacial score (nSPS) is 12.9. The van der Waals surface area contributed by atoms with Crippen molar-refractivity contribution in [2.75, 3.05) is 5.32 Å². The molecule has 160 valence electrons. The maximum Gasteiger partial charge on any atom is 0.222 e. The third-order valence-corrected chi connectivity index (χ3v) is 4.94. The van der Waals surface area contributed by atoms with E-state index in [-0.39, 0.29) is 5.91 Å². The number of anilines is 1. The number of amides is 1. The summed E-state index contributed by atoms with van der Waals surface area (Å²) in [7, 11) is 0. The lowest BCUT2D eigenvalue weighted by molar-refractivity contribution is -0.114. The second-order valence-electron chi connectivity index (χ2n) is 7.18. The van der Waals surface area contributed by atoms with E-state index in [0.717, 1.165) is 18.0 Å². The molecule has 1 aliphatic heterocycles. The van der Waals surface area contributed by atoms with Gasteiger partial charge in [0.1, 0.15) is 17.8 Å². The zero-order chi connectivity index (χ0) is 22.2. The topological polar surface area (TPSA) is 103 Å². The highest BCUT2D eigenvalue weighted by atomic mass is 19.2. The minimum Gasteiger partial charge on any atom is -0.311 e. The molecule has 0 unspecified atom stereocenters. The van der Waals surface area contributed by atoms with Crippen molar-refractivity contribution in [3.63, 3.8) is 0 Å². The predicted molar refractivity (Wildman–Crippen MR) is 112 cm³/mol. The van der Waals surface area contributed by atoms with Gasteiger partial charge in [0.15, 0.2) is 23.3 Å². The number of nitrogens with one attached hydrogen (secondary N) is 1. The van der Waals surface area contributed by atoms with Crippen LogP contribution in [0.5, 0.6) is 0 Å². The minimum atomic E-state index is -0.971. The van der Waals surface area contributed by atoms with Crippen molar-refractivity contribution in [1.29, 1.82) is 0 Å². The van der Waals surface area contributed by atoms with Gasteiger partial charge in [-0.3, -0.25) is 4.79 Å². The molecule has 0 spiro atoms. The molecule has 1 aliphatic rings. The lowest BCUT2D eigenvalue weighted by Crippen LogP contribution is -2.20. The van der Waals surface area contributed by atoms with E-state index >= 15 is 0 Å². The van der Waals surface area contributed by atoms with Crippen LogP contribution in [0.1, 0.15) is 19.2 Å². The zero-order valence-electron chi connectivity index (χ0n) is 16.8. The van der Waals surface area contributed by atoms with Crippen LogP contribution in [0.3, 0.4) is 0 Å². The van der Waals surface area contributed by atoms with Gasteiger partial charge in [0.25, 0.3) is 0 Å². The molecule has 9 nitrogen and oxygen atoms in total. The molecule has 4 aromatic rings. The number of nitrogens with zero attached hydrogens (tertiary/aromatic N) is 7. The van der Waals surface area contributed by atoms with Gasteiger partial charge in [-0.05, 0) is 35.9 Å². The molecule has 1 aromatic carbocycles. The summed E-state index contributed by atoms with van der Waals surface area (Å²) in [4.78, 5) is 15.6. The number of aryl methyl sites for hydroxylation is 1. The highest BCUT2D eigenvalue weighted by Crippen LogP contribution is 2.33. The highest BCUT2D eigenvalue weighted by Gasteiger charge is 2.20. The average Bonchev–Trinajstić information content (AvgIpc) is 3.42. The average molecular weight is 434 g/mol. The molecule has 32 heavy (non-hydrogen) atoms. The first kappa shape index (κ1) is 19.7. The monoisotopic (exact) mass is 434 g/mol. The van der Waals surface area contributed by atoms with Gasteiger partial charge in [0, 0.05) is 43.3 Å². The molecule has 0 saturated heterocycles. The standard InChI is InChI=1S/C21H16F2N8O/c1-12(32)26-18-9-13(6-7-24-18)15-10-30(20-5-4-19-27-25-11-31(19)28-20)29-21(15)14-2-3-16(22)17(23)8-14/h2-3,6-11H,4-5H2,1H3,(H,24,26,32). The summed E-state index contributed by atoms with van der Waals surface area (Å²) in [5, 5.41) is 19.7. The molecule has 0 bridgehead atoms. The van der Waals surface area contributed by atoms with E-state index in [1.807, 2.05) is 0 Å². The fraction of sp³-hybridized carbons (Fsp3) is 0.143. The first-order valence-electron chi connectivity index (χ1n) is 9.74. The Bertz CT molecular complexity index is 1370. The van der Waals surface area contributed by atoms with Crippen molar-refractivity contribution in [1.82, 2.24) is 29.6 Å². The largest absolute Gasteiger partial charge is 0.311 e. The van der Waals surface area contributed by atoms with Gasteiger partial charge in [-0.1, -0.05) is 0 Å². The molecule has 1 N–H and O–H groups in total. The molecule has 0 saturated carbocycles. The smallest absolute Gasteiger partial charge is 0.222 e. The summed E-state index contributed by atoms with van der Waals surface area (Å²) in [6.07, 6.45) is 6.03. The number of hydrogen-bond donors (Lipinski definition) is 1. The summed E-state index contributed by atoms with van der Waals surface area (Å²) in [6.45, 7) is 1.39. The van der Waals surface area contributed by atoms with Crippen LogP contribution < -0.4 is 5.32 Å². The van der Waals surface area contributed by atoms with Crippen LogP contribution in [0.2, 0.25) is 0 Å². The summed E-state index contributed by atoms with van der Waals surface area (Å²) in [5.41, 5.74) is 2.16. The van der Waals surface area contributed by atoms with Gasteiger partial charge >= 0.3 is 0 Å². The van der Waals surface area contributed by atoms with Crippen LogP contribution in [0.4, 0.5) is 14.6 Å². The van der Waals surface area contributed by atoms with Gasteiger partial charge in [0.05, 0.1) is 0 Å². The number of fused-ring (bicyclic) bond motifs is 1. The van der Waals surface area contributed by atoms with Gasteiger partial charge in [-0.2, -0.15) is 10.2 Å². The lowest BCUT2D eigenvalue weighted by atomic mass is 10.0. The molecule has 3 aromatic heterocycles. The number of halogens is 2. The van der Waals surface area contributed by atoms with E-state index in [1.54, 1.807) is 33.9 Å². The van der Waals surface area contributed by atoms with E-state index in [9.17, 15) is 13.6 Å². The molecule has 0 fully saturated rings. The third-order valence-electron chi connectivity index (χ3n) is 4.94. The molecule has 0 radical (unpaired) electrons. The maximum atomic E-state index is 14.0. The molecular formula is C21H16F2N8O. The quantitative estimate of drug-likeness (QED) is 0.534. The molecule has 11 heteroatoms. The zero-order valence-corrected chi connectivity index (χ0v) is 16.8.